The Balaban J connectivity index is 1.60. The van der Waals surface area contributed by atoms with E-state index in [0.717, 1.165) is 38.4 Å². The number of benzene rings is 1. The summed E-state index contributed by atoms with van der Waals surface area (Å²) in [6.07, 6.45) is 2.50. The molecule has 4 nitrogen and oxygen atoms in total. The third kappa shape index (κ3) is 4.04. The van der Waals surface area contributed by atoms with E-state index >= 15 is 0 Å². The Labute approximate surface area is 151 Å². The molecule has 0 aromatic heterocycles. The molecule has 3 rings (SSSR count). The lowest BCUT2D eigenvalue weighted by Crippen LogP contribution is -2.52. The molecule has 26 heavy (non-hydrogen) atoms. The van der Waals surface area contributed by atoms with E-state index in [9.17, 15) is 23.1 Å². The van der Waals surface area contributed by atoms with Crippen molar-refractivity contribution in [1.29, 1.82) is 0 Å². The lowest BCUT2D eigenvalue weighted by Gasteiger charge is -2.47. The largest absolute Gasteiger partial charge is 0.392 e. The number of piperidine rings is 2. The third-order valence-electron chi connectivity index (χ3n) is 5.66. The smallest absolute Gasteiger partial charge is 0.222 e. The van der Waals surface area contributed by atoms with Crippen molar-refractivity contribution in [1.82, 2.24) is 9.80 Å². The van der Waals surface area contributed by atoms with Crippen LogP contribution in [0.2, 0.25) is 0 Å². The number of hydrogen-bond acceptors (Lipinski definition) is 3. The molecule has 1 N–H and O–H groups in total. The van der Waals surface area contributed by atoms with Gasteiger partial charge >= 0.3 is 0 Å². The average molecular weight is 370 g/mol. The molecule has 0 unspecified atom stereocenters. The Kier molecular flexibility index (Phi) is 5.58. The van der Waals surface area contributed by atoms with Gasteiger partial charge in [-0.1, -0.05) is 6.07 Å². The van der Waals surface area contributed by atoms with Gasteiger partial charge in [-0.3, -0.25) is 9.69 Å². The number of carbonyl (C=O) groups excluding carboxylic acids is 1. The molecule has 7 heteroatoms. The van der Waals surface area contributed by atoms with Crippen molar-refractivity contribution >= 4 is 5.91 Å². The van der Waals surface area contributed by atoms with Gasteiger partial charge in [-0.05, 0) is 50.8 Å². The summed E-state index contributed by atoms with van der Waals surface area (Å²) in [5.74, 6) is -3.62. The van der Waals surface area contributed by atoms with Crippen LogP contribution in [-0.4, -0.2) is 53.1 Å². The van der Waals surface area contributed by atoms with Crippen molar-refractivity contribution < 1.29 is 23.1 Å². The van der Waals surface area contributed by atoms with Crippen molar-refractivity contribution in [2.24, 2.45) is 5.41 Å². The van der Waals surface area contributed by atoms with Crippen LogP contribution in [0.4, 0.5) is 13.2 Å². The lowest BCUT2D eigenvalue weighted by molar-refractivity contribution is -0.140. The predicted octanol–water partition coefficient (Wildman–Crippen LogP) is 2.69. The first-order chi connectivity index (χ1) is 12.3. The zero-order chi connectivity index (χ0) is 18.9. The zero-order valence-corrected chi connectivity index (χ0v) is 15.0. The predicted molar refractivity (Wildman–Crippen MR) is 90.8 cm³/mol. The monoisotopic (exact) mass is 370 g/mol. The highest BCUT2D eigenvalue weighted by molar-refractivity contribution is 5.77. The van der Waals surface area contributed by atoms with Gasteiger partial charge in [-0.2, -0.15) is 0 Å². The summed E-state index contributed by atoms with van der Waals surface area (Å²) >= 11 is 0. The summed E-state index contributed by atoms with van der Waals surface area (Å²) in [5, 5.41) is 9.59. The molecular weight excluding hydrogens is 345 g/mol. The topological polar surface area (TPSA) is 43.8 Å². The number of carbonyl (C=O) groups is 1. The maximum atomic E-state index is 13.9. The van der Waals surface area contributed by atoms with Crippen LogP contribution in [0.25, 0.3) is 0 Å². The van der Waals surface area contributed by atoms with E-state index in [1.807, 2.05) is 4.90 Å². The molecule has 2 aliphatic heterocycles. The standard InChI is InChI=1S/C19H25F3N2O2/c1-13(25)10-24-12-19(5-4-16(24)26)6-8-23(9-7-19)11-14-2-3-15(20)18(22)17(14)21/h2-3,13,25H,4-12H2,1H3/t13-/m1/s1. The van der Waals surface area contributed by atoms with Crippen LogP contribution < -0.4 is 0 Å². The lowest BCUT2D eigenvalue weighted by atomic mass is 9.72. The number of halogens is 3. The number of aliphatic hydroxyl groups is 1. The average Bonchev–Trinajstić information content (AvgIpc) is 2.60. The van der Waals surface area contributed by atoms with E-state index in [1.165, 1.54) is 6.07 Å². The number of hydrogen-bond donors (Lipinski definition) is 1. The van der Waals surface area contributed by atoms with Gasteiger partial charge in [0.25, 0.3) is 0 Å². The van der Waals surface area contributed by atoms with Crippen LogP contribution >= 0.6 is 0 Å². The molecular formula is C19H25F3N2O2. The molecule has 0 bridgehead atoms. The summed E-state index contributed by atoms with van der Waals surface area (Å²) in [5.41, 5.74) is 0.195. The molecule has 144 valence electrons. The molecule has 2 aliphatic rings. The minimum Gasteiger partial charge on any atom is -0.392 e. The van der Waals surface area contributed by atoms with Crippen LogP contribution in [0.3, 0.4) is 0 Å². The highest BCUT2D eigenvalue weighted by Crippen LogP contribution is 2.40. The van der Waals surface area contributed by atoms with Gasteiger partial charge < -0.3 is 10.0 Å². The summed E-state index contributed by atoms with van der Waals surface area (Å²) in [6.45, 7) is 4.35. The summed E-state index contributed by atoms with van der Waals surface area (Å²) in [4.78, 5) is 15.8. The molecule has 2 saturated heterocycles. The maximum Gasteiger partial charge on any atom is 0.222 e. The van der Waals surface area contributed by atoms with Gasteiger partial charge in [0, 0.05) is 31.6 Å². The Bertz CT molecular complexity index is 673. The van der Waals surface area contributed by atoms with Crippen LogP contribution in [0.1, 0.15) is 38.2 Å². The highest BCUT2D eigenvalue weighted by atomic mass is 19.2. The molecule has 2 heterocycles. The fourth-order valence-electron chi connectivity index (χ4n) is 4.11. The molecule has 1 aromatic carbocycles. The second kappa shape index (κ2) is 7.56. The first-order valence-corrected chi connectivity index (χ1v) is 9.10. The SMILES string of the molecule is C[C@@H](O)CN1CC2(CCC1=O)CCN(Cc1ccc(F)c(F)c1F)CC2. The number of aliphatic hydroxyl groups excluding tert-OH is 1. The molecule has 0 radical (unpaired) electrons. The Morgan fingerprint density at radius 3 is 2.50 bits per heavy atom. The molecule has 0 aliphatic carbocycles. The quantitative estimate of drug-likeness (QED) is 0.829. The van der Waals surface area contributed by atoms with E-state index in [2.05, 4.69) is 0 Å². The number of likely N-dealkylation sites (tertiary alicyclic amines) is 2. The van der Waals surface area contributed by atoms with Gasteiger partial charge in [-0.25, -0.2) is 13.2 Å². The van der Waals surface area contributed by atoms with Crippen molar-refractivity contribution in [3.05, 3.63) is 35.1 Å². The molecule has 0 saturated carbocycles. The van der Waals surface area contributed by atoms with Crippen molar-refractivity contribution in [3.63, 3.8) is 0 Å². The fourth-order valence-corrected chi connectivity index (χ4v) is 4.11. The Morgan fingerprint density at radius 2 is 1.85 bits per heavy atom. The second-order valence-corrected chi connectivity index (χ2v) is 7.73. The van der Waals surface area contributed by atoms with E-state index in [4.69, 9.17) is 0 Å². The summed E-state index contributed by atoms with van der Waals surface area (Å²) in [6, 6.07) is 2.25. The van der Waals surface area contributed by atoms with E-state index in [1.54, 1.807) is 11.8 Å². The van der Waals surface area contributed by atoms with Gasteiger partial charge in [0.05, 0.1) is 6.10 Å². The molecule has 1 aromatic rings. The Hall–Kier alpha value is -1.60. The molecule has 1 atom stereocenters. The van der Waals surface area contributed by atoms with Gasteiger partial charge in [0.2, 0.25) is 5.91 Å². The van der Waals surface area contributed by atoms with Crippen LogP contribution in [0.15, 0.2) is 12.1 Å². The maximum absolute atomic E-state index is 13.9. The number of amides is 1. The molecule has 1 spiro atoms. The number of nitrogens with zero attached hydrogens (tertiary/aromatic N) is 2. The normalized spacial score (nSPS) is 22.0. The Morgan fingerprint density at radius 1 is 1.15 bits per heavy atom. The van der Waals surface area contributed by atoms with Crippen LogP contribution in [0, 0.1) is 22.9 Å². The van der Waals surface area contributed by atoms with Crippen LogP contribution in [-0.2, 0) is 11.3 Å². The number of β-amino-alcohol motifs (C(OH)–C–C–N with tert-alkyl or cyclic N) is 1. The van der Waals surface area contributed by atoms with Crippen molar-refractivity contribution in [2.75, 3.05) is 26.2 Å². The zero-order valence-electron chi connectivity index (χ0n) is 15.0. The minimum atomic E-state index is -1.42. The van der Waals surface area contributed by atoms with E-state index in [0.29, 0.717) is 19.5 Å². The summed E-state index contributed by atoms with van der Waals surface area (Å²) < 4.78 is 40.3. The molecule has 2 fully saturated rings. The fraction of sp³-hybridized carbons (Fsp3) is 0.632. The summed E-state index contributed by atoms with van der Waals surface area (Å²) in [7, 11) is 0. The van der Waals surface area contributed by atoms with Crippen molar-refractivity contribution in [2.45, 2.75) is 45.3 Å². The number of rotatable bonds is 4. The van der Waals surface area contributed by atoms with Crippen molar-refractivity contribution in [3.8, 4) is 0 Å². The van der Waals surface area contributed by atoms with E-state index < -0.39 is 23.6 Å². The highest BCUT2D eigenvalue weighted by Gasteiger charge is 2.41. The van der Waals surface area contributed by atoms with E-state index in [-0.39, 0.29) is 23.4 Å². The van der Waals surface area contributed by atoms with Gasteiger partial charge in [-0.15, -0.1) is 0 Å². The third-order valence-corrected chi connectivity index (χ3v) is 5.66. The van der Waals surface area contributed by atoms with Gasteiger partial charge in [0.1, 0.15) is 0 Å². The first-order valence-electron chi connectivity index (χ1n) is 9.10. The second-order valence-electron chi connectivity index (χ2n) is 7.73. The van der Waals surface area contributed by atoms with Crippen LogP contribution in [0.5, 0.6) is 0 Å². The first kappa shape index (κ1) is 19.2. The molecule has 1 amide bonds. The minimum absolute atomic E-state index is 0.0336. The van der Waals surface area contributed by atoms with Gasteiger partial charge in [0.15, 0.2) is 17.5 Å².